The molecule has 1 atom stereocenters. The molecule has 0 amide bonds. The lowest BCUT2D eigenvalue weighted by atomic mass is 9.91. The molecule has 1 rings (SSSR count). The van der Waals surface area contributed by atoms with Crippen molar-refractivity contribution in [1.29, 1.82) is 0 Å². The van der Waals surface area contributed by atoms with E-state index in [1.54, 1.807) is 0 Å². The molecule has 2 N–H and O–H groups in total. The highest BCUT2D eigenvalue weighted by Gasteiger charge is 2.08. The zero-order chi connectivity index (χ0) is 11.4. The van der Waals surface area contributed by atoms with Crippen LogP contribution in [0.25, 0.3) is 0 Å². The molecule has 84 valence electrons. The van der Waals surface area contributed by atoms with Crippen molar-refractivity contribution in [2.24, 2.45) is 11.7 Å². The lowest BCUT2D eigenvalue weighted by Crippen LogP contribution is -2.09. The van der Waals surface area contributed by atoms with E-state index in [1.165, 1.54) is 22.3 Å². The first-order chi connectivity index (χ1) is 7.04. The van der Waals surface area contributed by atoms with Gasteiger partial charge in [-0.15, -0.1) is 0 Å². The molecular formula is C14H23N. The van der Waals surface area contributed by atoms with E-state index in [1.807, 2.05) is 0 Å². The Morgan fingerprint density at radius 1 is 1.13 bits per heavy atom. The number of hydrogen-bond donors (Lipinski definition) is 1. The van der Waals surface area contributed by atoms with Crippen molar-refractivity contribution < 1.29 is 0 Å². The second kappa shape index (κ2) is 5.32. The Hall–Kier alpha value is -0.820. The number of benzene rings is 1. The Kier molecular flexibility index (Phi) is 4.34. The van der Waals surface area contributed by atoms with Crippen molar-refractivity contribution in [3.8, 4) is 0 Å². The van der Waals surface area contributed by atoms with Gasteiger partial charge in [0.1, 0.15) is 0 Å². The Morgan fingerprint density at radius 2 is 1.67 bits per heavy atom. The van der Waals surface area contributed by atoms with Gasteiger partial charge in [0.2, 0.25) is 0 Å². The quantitative estimate of drug-likeness (QED) is 0.803. The highest BCUT2D eigenvalue weighted by atomic mass is 14.5. The number of aryl methyl sites for hydroxylation is 3. The minimum Gasteiger partial charge on any atom is -0.330 e. The van der Waals surface area contributed by atoms with Gasteiger partial charge in [0.15, 0.2) is 0 Å². The van der Waals surface area contributed by atoms with Crippen LogP contribution >= 0.6 is 0 Å². The van der Waals surface area contributed by atoms with Crippen molar-refractivity contribution in [2.45, 2.75) is 40.5 Å². The summed E-state index contributed by atoms with van der Waals surface area (Å²) in [6.07, 6.45) is 2.28. The summed E-state index contributed by atoms with van der Waals surface area (Å²) in [5.41, 5.74) is 11.3. The number of rotatable bonds is 4. The van der Waals surface area contributed by atoms with Crippen molar-refractivity contribution in [2.75, 3.05) is 6.54 Å². The minimum atomic E-state index is 0.690. The van der Waals surface area contributed by atoms with Crippen LogP contribution in [0.3, 0.4) is 0 Å². The van der Waals surface area contributed by atoms with Crippen LogP contribution in [0.5, 0.6) is 0 Å². The summed E-state index contributed by atoms with van der Waals surface area (Å²) in [4.78, 5) is 0. The second-order valence-electron chi connectivity index (χ2n) is 4.76. The zero-order valence-electron chi connectivity index (χ0n) is 10.4. The average molecular weight is 205 g/mol. The van der Waals surface area contributed by atoms with E-state index in [9.17, 15) is 0 Å². The highest BCUT2D eigenvalue weighted by molar-refractivity contribution is 5.37. The smallest absolute Gasteiger partial charge is 0.00746 e. The first-order valence-electron chi connectivity index (χ1n) is 5.81. The molecule has 0 aromatic heterocycles. The van der Waals surface area contributed by atoms with Gasteiger partial charge >= 0.3 is 0 Å². The maximum absolute atomic E-state index is 5.58. The standard InChI is InChI=1S/C14H23N/c1-10(5-6-15)9-14-12(3)7-11(2)8-13(14)4/h7-8,10H,5-6,9,15H2,1-4H3. The maximum Gasteiger partial charge on any atom is -0.00746 e. The summed E-state index contributed by atoms with van der Waals surface area (Å²) >= 11 is 0. The summed E-state index contributed by atoms with van der Waals surface area (Å²) in [5.74, 6) is 0.690. The molecule has 0 aliphatic rings. The summed E-state index contributed by atoms with van der Waals surface area (Å²) in [7, 11) is 0. The SMILES string of the molecule is Cc1cc(C)c(CC(C)CCN)c(C)c1. The fourth-order valence-electron chi connectivity index (χ4n) is 2.27. The zero-order valence-corrected chi connectivity index (χ0v) is 10.4. The molecule has 0 radical (unpaired) electrons. The summed E-state index contributed by atoms with van der Waals surface area (Å²) in [5, 5.41) is 0. The summed E-state index contributed by atoms with van der Waals surface area (Å²) in [6, 6.07) is 4.55. The lowest BCUT2D eigenvalue weighted by Gasteiger charge is -2.15. The van der Waals surface area contributed by atoms with Crippen LogP contribution in [0.2, 0.25) is 0 Å². The van der Waals surface area contributed by atoms with E-state index in [4.69, 9.17) is 5.73 Å². The van der Waals surface area contributed by atoms with Gasteiger partial charge in [-0.2, -0.15) is 0 Å². The predicted molar refractivity (Wildman–Crippen MR) is 67.2 cm³/mol. The monoisotopic (exact) mass is 205 g/mol. The molecular weight excluding hydrogens is 182 g/mol. The Labute approximate surface area is 93.7 Å². The van der Waals surface area contributed by atoms with Gasteiger partial charge in [0.25, 0.3) is 0 Å². The molecule has 1 nitrogen and oxygen atoms in total. The van der Waals surface area contributed by atoms with Crippen LogP contribution in [0.15, 0.2) is 12.1 Å². The van der Waals surface area contributed by atoms with Gasteiger partial charge in [0.05, 0.1) is 0 Å². The van der Waals surface area contributed by atoms with Crippen LogP contribution in [0.1, 0.15) is 35.6 Å². The molecule has 0 aliphatic carbocycles. The predicted octanol–water partition coefficient (Wildman–Crippen LogP) is 3.14. The Morgan fingerprint density at radius 3 is 2.13 bits per heavy atom. The largest absolute Gasteiger partial charge is 0.330 e. The van der Waals surface area contributed by atoms with Gasteiger partial charge in [-0.25, -0.2) is 0 Å². The molecule has 0 fully saturated rings. The molecule has 0 saturated carbocycles. The third-order valence-electron chi connectivity index (χ3n) is 3.05. The Balaban J connectivity index is 2.85. The minimum absolute atomic E-state index is 0.690. The molecule has 0 spiro atoms. The molecule has 0 bridgehead atoms. The van der Waals surface area contributed by atoms with Gasteiger partial charge < -0.3 is 5.73 Å². The van der Waals surface area contributed by atoms with E-state index in [0.717, 1.165) is 19.4 Å². The van der Waals surface area contributed by atoms with Crippen molar-refractivity contribution in [3.63, 3.8) is 0 Å². The normalized spacial score (nSPS) is 12.9. The first kappa shape index (κ1) is 12.3. The van der Waals surface area contributed by atoms with Crippen molar-refractivity contribution in [1.82, 2.24) is 0 Å². The average Bonchev–Trinajstić information content (AvgIpc) is 2.11. The van der Waals surface area contributed by atoms with E-state index in [0.29, 0.717) is 5.92 Å². The summed E-state index contributed by atoms with van der Waals surface area (Å²) in [6.45, 7) is 9.67. The van der Waals surface area contributed by atoms with Gasteiger partial charge in [0, 0.05) is 0 Å². The first-order valence-corrected chi connectivity index (χ1v) is 5.81. The van der Waals surface area contributed by atoms with Crippen molar-refractivity contribution >= 4 is 0 Å². The molecule has 1 unspecified atom stereocenters. The van der Waals surface area contributed by atoms with Crippen LogP contribution in [0.4, 0.5) is 0 Å². The maximum atomic E-state index is 5.58. The highest BCUT2D eigenvalue weighted by Crippen LogP contribution is 2.20. The summed E-state index contributed by atoms with van der Waals surface area (Å²) < 4.78 is 0. The third-order valence-corrected chi connectivity index (χ3v) is 3.05. The molecule has 1 aromatic rings. The molecule has 1 aromatic carbocycles. The van der Waals surface area contributed by atoms with E-state index in [2.05, 4.69) is 39.8 Å². The van der Waals surface area contributed by atoms with Crippen LogP contribution in [-0.2, 0) is 6.42 Å². The van der Waals surface area contributed by atoms with E-state index in [-0.39, 0.29) is 0 Å². The molecule has 15 heavy (non-hydrogen) atoms. The Bertz CT molecular complexity index is 305. The number of hydrogen-bond acceptors (Lipinski definition) is 1. The number of nitrogens with two attached hydrogens (primary N) is 1. The van der Waals surface area contributed by atoms with E-state index < -0.39 is 0 Å². The van der Waals surface area contributed by atoms with E-state index >= 15 is 0 Å². The molecule has 1 heteroatoms. The van der Waals surface area contributed by atoms with Crippen LogP contribution < -0.4 is 5.73 Å². The van der Waals surface area contributed by atoms with Crippen LogP contribution in [0, 0.1) is 26.7 Å². The van der Waals surface area contributed by atoms with Crippen molar-refractivity contribution in [3.05, 3.63) is 34.4 Å². The fraction of sp³-hybridized carbons (Fsp3) is 0.571. The lowest BCUT2D eigenvalue weighted by molar-refractivity contribution is 0.536. The third kappa shape index (κ3) is 3.35. The van der Waals surface area contributed by atoms with Crippen LogP contribution in [-0.4, -0.2) is 6.54 Å². The van der Waals surface area contributed by atoms with Gasteiger partial charge in [-0.1, -0.05) is 24.6 Å². The topological polar surface area (TPSA) is 26.0 Å². The second-order valence-corrected chi connectivity index (χ2v) is 4.76. The fourth-order valence-corrected chi connectivity index (χ4v) is 2.27. The van der Waals surface area contributed by atoms with Gasteiger partial charge in [-0.05, 0) is 62.8 Å². The molecule has 0 aliphatic heterocycles. The molecule has 0 heterocycles. The molecule has 0 saturated heterocycles. The van der Waals surface area contributed by atoms with Gasteiger partial charge in [-0.3, -0.25) is 0 Å².